The van der Waals surface area contributed by atoms with E-state index in [9.17, 15) is 9.18 Å². The lowest BCUT2D eigenvalue weighted by Gasteiger charge is -2.08. The van der Waals surface area contributed by atoms with Gasteiger partial charge in [0.2, 0.25) is 0 Å². The average Bonchev–Trinajstić information content (AvgIpc) is 2.62. The van der Waals surface area contributed by atoms with Crippen LogP contribution in [0.1, 0.15) is 31.7 Å². The van der Waals surface area contributed by atoms with Gasteiger partial charge in [-0.25, -0.2) is 9.37 Å². The predicted molar refractivity (Wildman–Crippen MR) is 96.9 cm³/mol. The molecule has 0 saturated heterocycles. The summed E-state index contributed by atoms with van der Waals surface area (Å²) in [4.78, 5) is 19.3. The molecule has 3 rings (SSSR count). The highest BCUT2D eigenvalue weighted by molar-refractivity contribution is 5.79. The number of rotatable bonds is 7. The van der Waals surface area contributed by atoms with Crippen LogP contribution in [0.5, 0.6) is 0 Å². The summed E-state index contributed by atoms with van der Waals surface area (Å²) < 4.78 is 19.8. The zero-order valence-electron chi connectivity index (χ0n) is 14.2. The lowest BCUT2D eigenvalue weighted by Crippen LogP contribution is -2.09. The van der Waals surface area contributed by atoms with Crippen molar-refractivity contribution >= 4 is 10.9 Å². The Kier molecular flexibility index (Phi) is 5.56. The minimum absolute atomic E-state index is 0.232. The highest BCUT2D eigenvalue weighted by atomic mass is 19.1. The first-order valence-electron chi connectivity index (χ1n) is 8.54. The van der Waals surface area contributed by atoms with Crippen molar-refractivity contribution in [1.29, 1.82) is 0 Å². The molecule has 2 aromatic carbocycles. The third-order valence-corrected chi connectivity index (χ3v) is 4.09. The maximum Gasteiger partial charge on any atom is 0.259 e. The Bertz CT molecular complexity index is 921. The van der Waals surface area contributed by atoms with Crippen molar-refractivity contribution in [2.24, 2.45) is 0 Å². The van der Waals surface area contributed by atoms with Crippen LogP contribution in [0.3, 0.4) is 0 Å². The van der Waals surface area contributed by atoms with Gasteiger partial charge in [-0.15, -0.1) is 0 Å². The van der Waals surface area contributed by atoms with Gasteiger partial charge in [0.05, 0.1) is 17.5 Å². The number of hydrogen-bond acceptors (Lipinski definition) is 3. The van der Waals surface area contributed by atoms with E-state index in [4.69, 9.17) is 4.74 Å². The van der Waals surface area contributed by atoms with Gasteiger partial charge >= 0.3 is 0 Å². The van der Waals surface area contributed by atoms with Crippen LogP contribution in [0, 0.1) is 5.82 Å². The first kappa shape index (κ1) is 17.3. The summed E-state index contributed by atoms with van der Waals surface area (Å²) in [6.07, 6.45) is 3.23. The quantitative estimate of drug-likeness (QED) is 0.647. The molecule has 0 aliphatic rings. The largest absolute Gasteiger partial charge is 0.377 e. The summed E-state index contributed by atoms with van der Waals surface area (Å²) >= 11 is 0. The number of H-pyrrole nitrogens is 1. The Morgan fingerprint density at radius 3 is 2.80 bits per heavy atom. The molecule has 0 atom stereocenters. The fraction of sp³-hybridized carbons (Fsp3) is 0.300. The standard InChI is InChI=1S/C20H21FN2O2/c1-2-3-6-11-25-13-15-10-9-14(12-17(15)21)19-22-18-8-5-4-7-16(18)20(24)23-19/h4-5,7-10,12H,2-3,6,11,13H2,1H3,(H,22,23,24). The van der Waals surface area contributed by atoms with Crippen molar-refractivity contribution in [2.45, 2.75) is 32.8 Å². The summed E-state index contributed by atoms with van der Waals surface area (Å²) in [5, 5.41) is 0.517. The molecule has 130 valence electrons. The number of aromatic amines is 1. The van der Waals surface area contributed by atoms with Gasteiger partial charge in [-0.1, -0.05) is 44.0 Å². The summed E-state index contributed by atoms with van der Waals surface area (Å²) in [6, 6.07) is 11.9. The number of ether oxygens (including phenoxy) is 1. The van der Waals surface area contributed by atoms with Crippen LogP contribution in [0.2, 0.25) is 0 Å². The van der Waals surface area contributed by atoms with E-state index in [1.54, 1.807) is 30.3 Å². The minimum atomic E-state index is -0.358. The molecular formula is C20H21FN2O2. The number of para-hydroxylation sites is 1. The van der Waals surface area contributed by atoms with E-state index in [1.807, 2.05) is 6.07 Å². The van der Waals surface area contributed by atoms with Crippen molar-refractivity contribution in [1.82, 2.24) is 9.97 Å². The maximum atomic E-state index is 14.3. The number of nitrogens with zero attached hydrogens (tertiary/aromatic N) is 1. The minimum Gasteiger partial charge on any atom is -0.377 e. The van der Waals surface area contributed by atoms with Crippen molar-refractivity contribution in [3.8, 4) is 11.4 Å². The van der Waals surface area contributed by atoms with Crippen molar-refractivity contribution in [3.05, 3.63) is 64.2 Å². The predicted octanol–water partition coefficient (Wildman–Crippen LogP) is 4.44. The van der Waals surface area contributed by atoms with Gasteiger partial charge in [0.25, 0.3) is 5.56 Å². The second-order valence-corrected chi connectivity index (χ2v) is 6.00. The van der Waals surface area contributed by atoms with E-state index in [1.165, 1.54) is 6.07 Å². The number of benzene rings is 2. The third kappa shape index (κ3) is 4.12. The molecular weight excluding hydrogens is 319 g/mol. The van der Waals surface area contributed by atoms with E-state index in [-0.39, 0.29) is 18.0 Å². The van der Waals surface area contributed by atoms with Crippen LogP contribution in [-0.2, 0) is 11.3 Å². The van der Waals surface area contributed by atoms with E-state index in [2.05, 4.69) is 16.9 Å². The zero-order valence-corrected chi connectivity index (χ0v) is 14.2. The molecule has 0 unspecified atom stereocenters. The number of nitrogens with one attached hydrogen (secondary N) is 1. The topological polar surface area (TPSA) is 55.0 Å². The van der Waals surface area contributed by atoms with Gasteiger partial charge in [-0.3, -0.25) is 4.79 Å². The second-order valence-electron chi connectivity index (χ2n) is 6.00. The Balaban J connectivity index is 1.80. The molecule has 0 aliphatic carbocycles. The average molecular weight is 340 g/mol. The fourth-order valence-corrected chi connectivity index (χ4v) is 2.67. The number of halogens is 1. The molecule has 0 fully saturated rings. The molecule has 5 heteroatoms. The van der Waals surface area contributed by atoms with E-state index < -0.39 is 0 Å². The van der Waals surface area contributed by atoms with Gasteiger partial charge in [0, 0.05) is 17.7 Å². The zero-order chi connectivity index (χ0) is 17.6. The van der Waals surface area contributed by atoms with Gasteiger partial charge in [-0.05, 0) is 24.6 Å². The fourth-order valence-electron chi connectivity index (χ4n) is 2.67. The molecule has 25 heavy (non-hydrogen) atoms. The van der Waals surface area contributed by atoms with Crippen molar-refractivity contribution < 1.29 is 9.13 Å². The van der Waals surface area contributed by atoms with Crippen LogP contribution < -0.4 is 5.56 Å². The SMILES string of the molecule is CCCCCOCc1ccc(-c2nc3ccccc3c(=O)[nH]2)cc1F. The molecule has 0 radical (unpaired) electrons. The first-order chi connectivity index (χ1) is 12.2. The van der Waals surface area contributed by atoms with Crippen molar-refractivity contribution in [3.63, 3.8) is 0 Å². The summed E-state index contributed by atoms with van der Waals surface area (Å²) in [7, 11) is 0. The Labute approximate surface area is 145 Å². The van der Waals surface area contributed by atoms with E-state index in [0.717, 1.165) is 19.3 Å². The third-order valence-electron chi connectivity index (χ3n) is 4.09. The molecule has 4 nitrogen and oxygen atoms in total. The molecule has 3 aromatic rings. The number of hydrogen-bond donors (Lipinski definition) is 1. The molecule has 1 aromatic heterocycles. The highest BCUT2D eigenvalue weighted by Gasteiger charge is 2.09. The summed E-state index contributed by atoms with van der Waals surface area (Å²) in [5.74, 6) is 0.00168. The monoisotopic (exact) mass is 340 g/mol. The molecule has 0 aliphatic heterocycles. The van der Waals surface area contributed by atoms with E-state index in [0.29, 0.717) is 34.5 Å². The molecule has 0 saturated carbocycles. The molecule has 0 bridgehead atoms. The normalized spacial score (nSPS) is 11.1. The van der Waals surface area contributed by atoms with Gasteiger partial charge < -0.3 is 9.72 Å². The smallest absolute Gasteiger partial charge is 0.259 e. The number of unbranched alkanes of at least 4 members (excludes halogenated alkanes) is 2. The van der Waals surface area contributed by atoms with Gasteiger partial charge in [0.1, 0.15) is 11.6 Å². The molecule has 1 heterocycles. The van der Waals surface area contributed by atoms with E-state index >= 15 is 0 Å². The van der Waals surface area contributed by atoms with Crippen LogP contribution in [0.15, 0.2) is 47.3 Å². The highest BCUT2D eigenvalue weighted by Crippen LogP contribution is 2.20. The maximum absolute atomic E-state index is 14.3. The van der Waals surface area contributed by atoms with Crippen LogP contribution in [0.25, 0.3) is 22.3 Å². The second kappa shape index (κ2) is 8.03. The van der Waals surface area contributed by atoms with Gasteiger partial charge in [-0.2, -0.15) is 0 Å². The Morgan fingerprint density at radius 1 is 1.16 bits per heavy atom. The summed E-state index contributed by atoms with van der Waals surface area (Å²) in [6.45, 7) is 3.01. The number of fused-ring (bicyclic) bond motifs is 1. The molecule has 1 N–H and O–H groups in total. The summed E-state index contributed by atoms with van der Waals surface area (Å²) in [5.41, 5.74) is 1.40. The first-order valence-corrected chi connectivity index (χ1v) is 8.54. The van der Waals surface area contributed by atoms with Crippen LogP contribution in [0.4, 0.5) is 4.39 Å². The molecule has 0 amide bonds. The lowest BCUT2D eigenvalue weighted by atomic mass is 10.1. The number of aromatic nitrogens is 2. The Hall–Kier alpha value is -2.53. The van der Waals surface area contributed by atoms with Crippen LogP contribution in [-0.4, -0.2) is 16.6 Å². The van der Waals surface area contributed by atoms with Gasteiger partial charge in [0.15, 0.2) is 0 Å². The Morgan fingerprint density at radius 2 is 2.00 bits per heavy atom. The molecule has 0 spiro atoms. The lowest BCUT2D eigenvalue weighted by molar-refractivity contribution is 0.115. The van der Waals surface area contributed by atoms with Crippen LogP contribution >= 0.6 is 0 Å². The van der Waals surface area contributed by atoms with Crippen molar-refractivity contribution in [2.75, 3.05) is 6.61 Å².